The van der Waals surface area contributed by atoms with Crippen LogP contribution in [0.3, 0.4) is 0 Å². The monoisotopic (exact) mass is 315 g/mol. The van der Waals surface area contributed by atoms with E-state index < -0.39 is 0 Å². The number of ether oxygens (including phenoxy) is 1. The number of nitriles is 1. The minimum Gasteiger partial charge on any atom is -0.490 e. The minimum absolute atomic E-state index is 0.183. The molecule has 0 saturated carbocycles. The van der Waals surface area contributed by atoms with Crippen LogP contribution >= 0.6 is 0 Å². The number of carbonyl (C=O) groups excluding carboxylic acids is 1. The maximum atomic E-state index is 12.1. The van der Waals surface area contributed by atoms with E-state index in [2.05, 4.69) is 11.0 Å². The van der Waals surface area contributed by atoms with Gasteiger partial charge in [0.15, 0.2) is 0 Å². The molecular formula is C18H25N3O2. The number of carbonyl (C=O) groups is 1. The predicted molar refractivity (Wildman–Crippen MR) is 89.2 cm³/mol. The standard InChI is InChI=1S/C18H25N3O2/c1-3-21(4-2)18(22)14-20-11-9-17(10-12-20)23-16-7-5-15(13-19)6-8-16/h5-8,17H,3-4,9-12,14H2,1-2H3. The Labute approximate surface area is 138 Å². The molecule has 0 radical (unpaired) electrons. The Bertz CT molecular complexity index is 538. The molecule has 1 amide bonds. The fourth-order valence-corrected chi connectivity index (χ4v) is 2.85. The van der Waals surface area contributed by atoms with Crippen molar-refractivity contribution in [3.8, 4) is 11.8 Å². The van der Waals surface area contributed by atoms with Crippen LogP contribution in [0.4, 0.5) is 0 Å². The molecule has 1 fully saturated rings. The lowest BCUT2D eigenvalue weighted by Crippen LogP contribution is -2.45. The average molecular weight is 315 g/mol. The van der Waals surface area contributed by atoms with Crippen LogP contribution in [0.25, 0.3) is 0 Å². The number of rotatable bonds is 6. The van der Waals surface area contributed by atoms with Gasteiger partial charge in [0.25, 0.3) is 0 Å². The van der Waals surface area contributed by atoms with Crippen molar-refractivity contribution in [2.45, 2.75) is 32.8 Å². The topological polar surface area (TPSA) is 56.6 Å². The Morgan fingerprint density at radius 2 is 1.87 bits per heavy atom. The Hall–Kier alpha value is -2.06. The number of likely N-dealkylation sites (N-methyl/N-ethyl adjacent to an activating group) is 1. The predicted octanol–water partition coefficient (Wildman–Crippen LogP) is 2.27. The maximum absolute atomic E-state index is 12.1. The van der Waals surface area contributed by atoms with E-state index in [-0.39, 0.29) is 12.0 Å². The second-order valence-electron chi connectivity index (χ2n) is 5.80. The number of piperidine rings is 1. The van der Waals surface area contributed by atoms with Crippen LogP contribution in [0.15, 0.2) is 24.3 Å². The number of hydrogen-bond donors (Lipinski definition) is 0. The van der Waals surface area contributed by atoms with Gasteiger partial charge in [-0.1, -0.05) is 0 Å². The maximum Gasteiger partial charge on any atom is 0.236 e. The first kappa shape index (κ1) is 17.3. The van der Waals surface area contributed by atoms with Crippen LogP contribution in [-0.4, -0.2) is 54.5 Å². The van der Waals surface area contributed by atoms with Crippen molar-refractivity contribution in [1.29, 1.82) is 5.26 Å². The SMILES string of the molecule is CCN(CC)C(=O)CN1CCC(Oc2ccc(C#N)cc2)CC1. The molecule has 1 saturated heterocycles. The van der Waals surface area contributed by atoms with Crippen molar-refractivity contribution in [1.82, 2.24) is 9.80 Å². The van der Waals surface area contributed by atoms with Gasteiger partial charge in [-0.3, -0.25) is 9.69 Å². The van der Waals surface area contributed by atoms with Gasteiger partial charge in [0.2, 0.25) is 5.91 Å². The summed E-state index contributed by atoms with van der Waals surface area (Å²) in [6.45, 7) is 7.84. The van der Waals surface area contributed by atoms with Gasteiger partial charge in [0.05, 0.1) is 18.2 Å². The number of benzene rings is 1. The zero-order valence-corrected chi connectivity index (χ0v) is 14.0. The summed E-state index contributed by atoms with van der Waals surface area (Å²) < 4.78 is 5.97. The van der Waals surface area contributed by atoms with Crippen LogP contribution < -0.4 is 4.74 Å². The molecule has 0 spiro atoms. The lowest BCUT2D eigenvalue weighted by atomic mass is 10.1. The first-order valence-electron chi connectivity index (χ1n) is 8.33. The molecule has 2 rings (SSSR count). The van der Waals surface area contributed by atoms with E-state index in [1.807, 2.05) is 30.9 Å². The first-order chi connectivity index (χ1) is 11.2. The van der Waals surface area contributed by atoms with Crippen LogP contribution in [0.1, 0.15) is 32.3 Å². The molecule has 23 heavy (non-hydrogen) atoms. The van der Waals surface area contributed by atoms with E-state index in [4.69, 9.17) is 10.00 Å². The van der Waals surface area contributed by atoms with Crippen LogP contribution in [0.2, 0.25) is 0 Å². The first-order valence-corrected chi connectivity index (χ1v) is 8.33. The fourth-order valence-electron chi connectivity index (χ4n) is 2.85. The van der Waals surface area contributed by atoms with Gasteiger partial charge in [-0.25, -0.2) is 0 Å². The molecule has 1 aliphatic rings. The van der Waals surface area contributed by atoms with Gasteiger partial charge in [-0.15, -0.1) is 0 Å². The van der Waals surface area contributed by atoms with Gasteiger partial charge in [0.1, 0.15) is 11.9 Å². The molecule has 5 heteroatoms. The van der Waals surface area contributed by atoms with Gasteiger partial charge in [-0.05, 0) is 51.0 Å². The molecule has 0 atom stereocenters. The molecule has 1 heterocycles. The average Bonchev–Trinajstić information content (AvgIpc) is 2.58. The summed E-state index contributed by atoms with van der Waals surface area (Å²) >= 11 is 0. The zero-order valence-electron chi connectivity index (χ0n) is 14.0. The van der Waals surface area contributed by atoms with Crippen molar-refractivity contribution >= 4 is 5.91 Å². The number of hydrogen-bond acceptors (Lipinski definition) is 4. The Morgan fingerprint density at radius 3 is 2.39 bits per heavy atom. The lowest BCUT2D eigenvalue weighted by molar-refractivity contribution is -0.132. The van der Waals surface area contributed by atoms with Crippen molar-refractivity contribution in [3.05, 3.63) is 29.8 Å². The molecule has 1 aromatic carbocycles. The highest BCUT2D eigenvalue weighted by atomic mass is 16.5. The molecule has 0 unspecified atom stereocenters. The highest BCUT2D eigenvalue weighted by Crippen LogP contribution is 2.19. The molecular weight excluding hydrogens is 290 g/mol. The third-order valence-electron chi connectivity index (χ3n) is 4.30. The lowest BCUT2D eigenvalue weighted by Gasteiger charge is -2.33. The van der Waals surface area contributed by atoms with Crippen LogP contribution in [0.5, 0.6) is 5.75 Å². The highest BCUT2D eigenvalue weighted by molar-refractivity contribution is 5.78. The summed E-state index contributed by atoms with van der Waals surface area (Å²) in [5.41, 5.74) is 0.641. The summed E-state index contributed by atoms with van der Waals surface area (Å²) in [5.74, 6) is 1.02. The zero-order chi connectivity index (χ0) is 16.7. The summed E-state index contributed by atoms with van der Waals surface area (Å²) in [5, 5.41) is 8.80. The molecule has 0 aromatic heterocycles. The van der Waals surface area contributed by atoms with E-state index in [1.165, 1.54) is 0 Å². The summed E-state index contributed by atoms with van der Waals surface area (Å²) in [4.78, 5) is 16.2. The molecule has 0 bridgehead atoms. The Morgan fingerprint density at radius 1 is 1.26 bits per heavy atom. The summed E-state index contributed by atoms with van der Waals surface area (Å²) in [6, 6.07) is 9.33. The van der Waals surface area contributed by atoms with Crippen molar-refractivity contribution in [3.63, 3.8) is 0 Å². The van der Waals surface area contributed by atoms with E-state index in [9.17, 15) is 4.79 Å². The Balaban J connectivity index is 1.77. The largest absolute Gasteiger partial charge is 0.490 e. The van der Waals surface area contributed by atoms with Crippen molar-refractivity contribution < 1.29 is 9.53 Å². The van der Waals surface area contributed by atoms with Gasteiger partial charge < -0.3 is 9.64 Å². The molecule has 124 valence electrons. The van der Waals surface area contributed by atoms with E-state index >= 15 is 0 Å². The van der Waals surface area contributed by atoms with Crippen molar-refractivity contribution in [2.24, 2.45) is 0 Å². The third-order valence-corrected chi connectivity index (χ3v) is 4.30. The van der Waals surface area contributed by atoms with E-state index in [1.54, 1.807) is 12.1 Å². The fraction of sp³-hybridized carbons (Fsp3) is 0.556. The summed E-state index contributed by atoms with van der Waals surface area (Å²) in [7, 11) is 0. The number of nitrogens with zero attached hydrogens (tertiary/aromatic N) is 3. The molecule has 1 aromatic rings. The normalized spacial score (nSPS) is 15.9. The minimum atomic E-state index is 0.183. The number of likely N-dealkylation sites (tertiary alicyclic amines) is 1. The van der Waals surface area contributed by atoms with Crippen molar-refractivity contribution in [2.75, 3.05) is 32.7 Å². The summed E-state index contributed by atoms with van der Waals surface area (Å²) in [6.07, 6.45) is 2.03. The molecule has 5 nitrogen and oxygen atoms in total. The van der Waals surface area contributed by atoms with Gasteiger partial charge >= 0.3 is 0 Å². The molecule has 0 N–H and O–H groups in total. The number of amides is 1. The Kier molecular flexibility index (Phi) is 6.42. The smallest absolute Gasteiger partial charge is 0.236 e. The van der Waals surface area contributed by atoms with E-state index in [0.717, 1.165) is 44.8 Å². The second-order valence-corrected chi connectivity index (χ2v) is 5.80. The van der Waals surface area contributed by atoms with Crippen LogP contribution in [-0.2, 0) is 4.79 Å². The van der Waals surface area contributed by atoms with Gasteiger partial charge in [-0.2, -0.15) is 5.26 Å². The highest BCUT2D eigenvalue weighted by Gasteiger charge is 2.23. The molecule has 0 aliphatic carbocycles. The quantitative estimate of drug-likeness (QED) is 0.808. The van der Waals surface area contributed by atoms with Crippen LogP contribution in [0, 0.1) is 11.3 Å². The molecule has 1 aliphatic heterocycles. The van der Waals surface area contributed by atoms with Gasteiger partial charge in [0, 0.05) is 26.2 Å². The second kappa shape index (κ2) is 8.54. The third kappa shape index (κ3) is 4.97. The van der Waals surface area contributed by atoms with E-state index in [0.29, 0.717) is 12.1 Å².